The highest BCUT2D eigenvalue weighted by Crippen LogP contribution is 2.19. The minimum absolute atomic E-state index is 0.0548. The van der Waals surface area contributed by atoms with Crippen molar-refractivity contribution in [3.05, 3.63) is 59.0 Å². The van der Waals surface area contributed by atoms with Crippen LogP contribution in [0.3, 0.4) is 0 Å². The molecular formula is C19H18N4O5S. The highest BCUT2D eigenvalue weighted by Gasteiger charge is 2.14. The molecule has 0 atom stereocenters. The van der Waals surface area contributed by atoms with E-state index < -0.39 is 6.09 Å². The van der Waals surface area contributed by atoms with Gasteiger partial charge in [-0.25, -0.2) is 9.78 Å². The van der Waals surface area contributed by atoms with Crippen LogP contribution in [-0.2, 0) is 16.0 Å². The highest BCUT2D eigenvalue weighted by molar-refractivity contribution is 7.14. The van der Waals surface area contributed by atoms with Crippen molar-refractivity contribution in [2.75, 3.05) is 23.1 Å². The fraction of sp³-hybridized carbons (Fsp3) is 0.158. The van der Waals surface area contributed by atoms with Crippen LogP contribution in [0, 0.1) is 6.92 Å². The third kappa shape index (κ3) is 5.42. The lowest BCUT2D eigenvalue weighted by atomic mass is 10.2. The maximum absolute atomic E-state index is 12.2. The minimum atomic E-state index is -0.573. The van der Waals surface area contributed by atoms with Gasteiger partial charge in [-0.2, -0.15) is 0 Å². The number of carbonyl (C=O) groups excluding carboxylic acids is 3. The van der Waals surface area contributed by atoms with E-state index >= 15 is 0 Å². The maximum atomic E-state index is 12.2. The molecule has 0 aliphatic rings. The molecule has 1 aromatic carbocycles. The Morgan fingerprint density at radius 1 is 1.07 bits per heavy atom. The number of thiazole rings is 1. The number of aryl methyl sites for hydroxylation is 1. The summed E-state index contributed by atoms with van der Waals surface area (Å²) in [6.45, 7) is 1.70. The molecule has 3 N–H and O–H groups in total. The first kappa shape index (κ1) is 20.1. The first-order valence-corrected chi connectivity index (χ1v) is 9.37. The molecule has 29 heavy (non-hydrogen) atoms. The second-order valence-corrected chi connectivity index (χ2v) is 6.77. The molecule has 3 amide bonds. The van der Waals surface area contributed by atoms with Gasteiger partial charge in [0, 0.05) is 16.8 Å². The Morgan fingerprint density at radius 2 is 1.76 bits per heavy atom. The number of benzene rings is 1. The number of hydrogen-bond acceptors (Lipinski definition) is 7. The molecule has 3 aromatic rings. The summed E-state index contributed by atoms with van der Waals surface area (Å²) in [6, 6.07) is 8.17. The van der Waals surface area contributed by atoms with Crippen LogP contribution < -0.4 is 16.0 Å². The van der Waals surface area contributed by atoms with Crippen molar-refractivity contribution in [3.63, 3.8) is 0 Å². The number of aromatic nitrogens is 1. The number of furan rings is 1. The highest BCUT2D eigenvalue weighted by atomic mass is 32.1. The van der Waals surface area contributed by atoms with Crippen molar-refractivity contribution in [3.8, 4) is 0 Å². The second kappa shape index (κ2) is 9.02. The van der Waals surface area contributed by atoms with Gasteiger partial charge >= 0.3 is 6.09 Å². The van der Waals surface area contributed by atoms with E-state index in [1.807, 2.05) is 0 Å². The third-order valence-corrected chi connectivity index (χ3v) is 4.62. The molecule has 0 bridgehead atoms. The average molecular weight is 414 g/mol. The van der Waals surface area contributed by atoms with E-state index in [0.717, 1.165) is 0 Å². The van der Waals surface area contributed by atoms with Crippen LogP contribution in [0.5, 0.6) is 0 Å². The molecule has 9 nitrogen and oxygen atoms in total. The fourth-order valence-electron chi connectivity index (χ4n) is 2.41. The van der Waals surface area contributed by atoms with Crippen molar-refractivity contribution in [1.29, 1.82) is 0 Å². The molecule has 0 unspecified atom stereocenters. The van der Waals surface area contributed by atoms with Gasteiger partial charge in [0.1, 0.15) is 5.76 Å². The Kier molecular flexibility index (Phi) is 6.25. The van der Waals surface area contributed by atoms with Crippen molar-refractivity contribution in [1.82, 2.24) is 4.98 Å². The molecular weight excluding hydrogens is 396 g/mol. The molecule has 3 rings (SSSR count). The van der Waals surface area contributed by atoms with E-state index in [-0.39, 0.29) is 18.2 Å². The summed E-state index contributed by atoms with van der Waals surface area (Å²) >= 11 is 1.23. The second-order valence-electron chi connectivity index (χ2n) is 5.91. The molecule has 0 radical (unpaired) electrons. The number of amides is 3. The van der Waals surface area contributed by atoms with E-state index in [4.69, 9.17) is 4.42 Å². The van der Waals surface area contributed by atoms with Gasteiger partial charge in [0.05, 0.1) is 31.1 Å². The van der Waals surface area contributed by atoms with Gasteiger partial charge in [0.15, 0.2) is 5.13 Å². The van der Waals surface area contributed by atoms with Crippen LogP contribution in [0.15, 0.2) is 46.4 Å². The molecule has 150 valence electrons. The first-order valence-electron chi connectivity index (χ1n) is 8.49. The molecule has 0 spiro atoms. The predicted octanol–water partition coefficient (Wildman–Crippen LogP) is 3.66. The van der Waals surface area contributed by atoms with Crippen LogP contribution in [-0.4, -0.2) is 30.0 Å². The van der Waals surface area contributed by atoms with Crippen molar-refractivity contribution >= 4 is 45.8 Å². The third-order valence-electron chi connectivity index (χ3n) is 3.82. The minimum Gasteiger partial charge on any atom is -0.469 e. The summed E-state index contributed by atoms with van der Waals surface area (Å²) in [5, 5.41) is 10.1. The van der Waals surface area contributed by atoms with Crippen LogP contribution in [0.2, 0.25) is 0 Å². The van der Waals surface area contributed by atoms with Crippen LogP contribution in [0.25, 0.3) is 0 Å². The summed E-state index contributed by atoms with van der Waals surface area (Å²) in [4.78, 5) is 39.8. The van der Waals surface area contributed by atoms with Crippen LogP contribution in [0.4, 0.5) is 21.3 Å². The zero-order valence-electron chi connectivity index (χ0n) is 15.6. The number of methoxy groups -OCH3 is 1. The Labute approximate surface area is 170 Å². The normalized spacial score (nSPS) is 10.3. The fourth-order valence-corrected chi connectivity index (χ4v) is 3.11. The number of hydrogen-bond donors (Lipinski definition) is 3. The van der Waals surface area contributed by atoms with E-state index in [2.05, 4.69) is 25.7 Å². The topological polar surface area (TPSA) is 123 Å². The SMILES string of the molecule is COC(=O)Nc1ccc(NC(=O)Cc2csc(NC(=O)c3ccoc3C)n2)cc1. The van der Waals surface area contributed by atoms with Crippen LogP contribution in [0.1, 0.15) is 21.8 Å². The average Bonchev–Trinajstić information content (AvgIpc) is 3.31. The molecule has 0 aliphatic carbocycles. The lowest BCUT2D eigenvalue weighted by Gasteiger charge is -2.06. The molecule has 0 saturated heterocycles. The number of rotatable bonds is 6. The van der Waals surface area contributed by atoms with Gasteiger partial charge in [0.2, 0.25) is 5.91 Å². The summed E-state index contributed by atoms with van der Waals surface area (Å²) in [7, 11) is 1.28. The summed E-state index contributed by atoms with van der Waals surface area (Å²) in [5.74, 6) is -0.0544. The zero-order valence-corrected chi connectivity index (χ0v) is 16.5. The van der Waals surface area contributed by atoms with Gasteiger partial charge in [-0.05, 0) is 37.3 Å². The lowest BCUT2D eigenvalue weighted by Crippen LogP contribution is -2.15. The van der Waals surface area contributed by atoms with E-state index in [1.54, 1.807) is 42.6 Å². The monoisotopic (exact) mass is 414 g/mol. The van der Waals surface area contributed by atoms with Gasteiger partial charge in [-0.1, -0.05) is 0 Å². The summed E-state index contributed by atoms with van der Waals surface area (Å²) in [6.07, 6.45) is 0.926. The number of ether oxygens (including phenoxy) is 1. The lowest BCUT2D eigenvalue weighted by molar-refractivity contribution is -0.115. The van der Waals surface area contributed by atoms with Crippen molar-refractivity contribution < 1.29 is 23.5 Å². The van der Waals surface area contributed by atoms with Crippen molar-refractivity contribution in [2.24, 2.45) is 0 Å². The van der Waals surface area contributed by atoms with Gasteiger partial charge < -0.3 is 14.5 Å². The van der Waals surface area contributed by atoms with Crippen molar-refractivity contribution in [2.45, 2.75) is 13.3 Å². The number of carbonyl (C=O) groups is 3. The molecule has 2 aromatic heterocycles. The van der Waals surface area contributed by atoms with E-state index in [9.17, 15) is 14.4 Å². The smallest absolute Gasteiger partial charge is 0.411 e. The summed E-state index contributed by atoms with van der Waals surface area (Å²) in [5.41, 5.74) is 2.09. The van der Waals surface area contributed by atoms with Gasteiger partial charge in [-0.15, -0.1) is 11.3 Å². The first-order chi connectivity index (χ1) is 13.9. The molecule has 10 heteroatoms. The Balaban J connectivity index is 1.53. The van der Waals surface area contributed by atoms with E-state index in [0.29, 0.717) is 33.5 Å². The van der Waals surface area contributed by atoms with Crippen LogP contribution >= 0.6 is 11.3 Å². The Hall–Kier alpha value is -3.66. The standard InChI is InChI=1S/C19H18N4O5S/c1-11-15(7-8-28-11)17(25)23-18-21-14(10-29-18)9-16(24)20-12-3-5-13(6-4-12)22-19(26)27-2/h3-8,10H,9H2,1-2H3,(H,20,24)(H,22,26)(H,21,23,25). The van der Waals surface area contributed by atoms with Gasteiger partial charge in [0.25, 0.3) is 5.91 Å². The number of nitrogens with zero attached hydrogens (tertiary/aromatic N) is 1. The largest absolute Gasteiger partial charge is 0.469 e. The predicted molar refractivity (Wildman–Crippen MR) is 108 cm³/mol. The molecule has 0 saturated carbocycles. The number of anilines is 3. The quantitative estimate of drug-likeness (QED) is 0.566. The molecule has 0 fully saturated rings. The molecule has 2 heterocycles. The Morgan fingerprint density at radius 3 is 2.38 bits per heavy atom. The maximum Gasteiger partial charge on any atom is 0.411 e. The van der Waals surface area contributed by atoms with E-state index in [1.165, 1.54) is 24.7 Å². The Bertz CT molecular complexity index is 1030. The van der Waals surface area contributed by atoms with Gasteiger partial charge in [-0.3, -0.25) is 20.2 Å². The number of nitrogens with one attached hydrogen (secondary N) is 3. The molecule has 0 aliphatic heterocycles. The zero-order chi connectivity index (χ0) is 20.8. The summed E-state index contributed by atoms with van der Waals surface area (Å²) < 4.78 is 9.62.